The smallest absolute Gasteiger partial charge is 0.264 e. The van der Waals surface area contributed by atoms with Crippen LogP contribution >= 0.6 is 11.3 Å². The highest BCUT2D eigenvalue weighted by molar-refractivity contribution is 7.21. The number of fused-ring (bicyclic) bond motifs is 1. The minimum atomic E-state index is 0.188. The molecule has 3 heterocycles. The zero-order valence-electron chi connectivity index (χ0n) is 14.6. The molecule has 0 saturated carbocycles. The van der Waals surface area contributed by atoms with Crippen LogP contribution in [0.5, 0.6) is 0 Å². The molecule has 5 heteroatoms. The number of hydrogen-bond donors (Lipinski definition) is 1. The lowest BCUT2D eigenvalue weighted by Gasteiger charge is -2.27. The fourth-order valence-electron chi connectivity index (χ4n) is 3.91. The minimum Gasteiger partial charge on any atom is -0.378 e. The number of rotatable bonds is 3. The summed E-state index contributed by atoms with van der Waals surface area (Å²) in [7, 11) is 0. The van der Waals surface area contributed by atoms with Gasteiger partial charge in [-0.2, -0.15) is 0 Å². The van der Waals surface area contributed by atoms with Crippen molar-refractivity contribution in [1.29, 1.82) is 0 Å². The van der Waals surface area contributed by atoms with E-state index in [0.717, 1.165) is 17.8 Å². The maximum atomic E-state index is 13.2. The molecule has 2 aliphatic heterocycles. The SMILES string of the molecule is O=C(c1sc2ccccc2c1CC1CCCCCN1)N1CCOCC1. The first-order valence-corrected chi connectivity index (χ1v) is 10.3. The predicted octanol–water partition coefficient (Wildman–Crippen LogP) is 3.45. The van der Waals surface area contributed by atoms with Gasteiger partial charge >= 0.3 is 0 Å². The van der Waals surface area contributed by atoms with Crippen molar-refractivity contribution in [3.05, 3.63) is 34.7 Å². The van der Waals surface area contributed by atoms with Gasteiger partial charge in [0.1, 0.15) is 0 Å². The van der Waals surface area contributed by atoms with Crippen molar-refractivity contribution in [2.24, 2.45) is 0 Å². The molecule has 1 unspecified atom stereocenters. The van der Waals surface area contributed by atoms with Crippen LogP contribution in [0.25, 0.3) is 10.1 Å². The first-order valence-electron chi connectivity index (χ1n) is 9.44. The number of carbonyl (C=O) groups is 1. The highest BCUT2D eigenvalue weighted by Gasteiger charge is 2.26. The molecule has 2 saturated heterocycles. The van der Waals surface area contributed by atoms with Gasteiger partial charge in [-0.05, 0) is 42.8 Å². The van der Waals surface area contributed by atoms with Crippen molar-refractivity contribution in [1.82, 2.24) is 10.2 Å². The number of ether oxygens (including phenoxy) is 1. The molecule has 2 aromatic rings. The number of nitrogens with zero attached hydrogens (tertiary/aromatic N) is 1. The van der Waals surface area contributed by atoms with E-state index in [1.54, 1.807) is 11.3 Å². The van der Waals surface area contributed by atoms with Gasteiger partial charge in [-0.25, -0.2) is 0 Å². The fourth-order valence-corrected chi connectivity index (χ4v) is 5.11. The lowest BCUT2D eigenvalue weighted by Crippen LogP contribution is -2.41. The van der Waals surface area contributed by atoms with Crippen molar-refractivity contribution < 1.29 is 9.53 Å². The first kappa shape index (κ1) is 17.0. The highest BCUT2D eigenvalue weighted by Crippen LogP contribution is 2.34. The molecule has 4 nitrogen and oxygen atoms in total. The van der Waals surface area contributed by atoms with Gasteiger partial charge in [0.15, 0.2) is 0 Å². The zero-order chi connectivity index (χ0) is 17.1. The van der Waals surface area contributed by atoms with Crippen LogP contribution < -0.4 is 5.32 Å². The Kier molecular flexibility index (Phi) is 5.34. The molecule has 4 rings (SSSR count). The van der Waals surface area contributed by atoms with Crippen LogP contribution in [0, 0.1) is 0 Å². The normalized spacial score (nSPS) is 22.1. The summed E-state index contributed by atoms with van der Waals surface area (Å²) in [6, 6.07) is 8.95. The van der Waals surface area contributed by atoms with Crippen molar-refractivity contribution in [3.8, 4) is 0 Å². The number of hydrogen-bond acceptors (Lipinski definition) is 4. The van der Waals surface area contributed by atoms with Gasteiger partial charge in [0.2, 0.25) is 0 Å². The lowest BCUT2D eigenvalue weighted by molar-refractivity contribution is 0.0305. The molecular weight excluding hydrogens is 332 g/mol. The van der Waals surface area contributed by atoms with Crippen LogP contribution in [0.4, 0.5) is 0 Å². The summed E-state index contributed by atoms with van der Waals surface area (Å²) >= 11 is 1.66. The Labute approximate surface area is 153 Å². The van der Waals surface area contributed by atoms with E-state index < -0.39 is 0 Å². The van der Waals surface area contributed by atoms with Gasteiger partial charge < -0.3 is 15.0 Å². The van der Waals surface area contributed by atoms with E-state index in [9.17, 15) is 4.79 Å². The Balaban J connectivity index is 1.66. The second-order valence-corrected chi connectivity index (χ2v) is 8.07. The predicted molar refractivity (Wildman–Crippen MR) is 103 cm³/mol. The van der Waals surface area contributed by atoms with Gasteiger partial charge in [0.25, 0.3) is 5.91 Å². The molecule has 0 aliphatic carbocycles. The minimum absolute atomic E-state index is 0.188. The quantitative estimate of drug-likeness (QED) is 0.914. The monoisotopic (exact) mass is 358 g/mol. The fraction of sp³-hybridized carbons (Fsp3) is 0.550. The van der Waals surface area contributed by atoms with E-state index in [-0.39, 0.29) is 5.91 Å². The summed E-state index contributed by atoms with van der Waals surface area (Å²) in [5.41, 5.74) is 1.25. The van der Waals surface area contributed by atoms with Gasteiger partial charge in [0, 0.05) is 23.8 Å². The molecule has 1 atom stereocenters. The van der Waals surface area contributed by atoms with Gasteiger partial charge in [-0.15, -0.1) is 11.3 Å². The molecule has 1 aromatic heterocycles. The van der Waals surface area contributed by atoms with Crippen LogP contribution in [0.3, 0.4) is 0 Å². The van der Waals surface area contributed by atoms with E-state index in [1.807, 2.05) is 4.90 Å². The average molecular weight is 359 g/mol. The van der Waals surface area contributed by atoms with Crippen LogP contribution in [0.15, 0.2) is 24.3 Å². The second-order valence-electron chi connectivity index (χ2n) is 7.01. The molecule has 25 heavy (non-hydrogen) atoms. The largest absolute Gasteiger partial charge is 0.378 e. The number of nitrogens with one attached hydrogen (secondary N) is 1. The maximum Gasteiger partial charge on any atom is 0.264 e. The van der Waals surface area contributed by atoms with Gasteiger partial charge in [0.05, 0.1) is 18.1 Å². The molecule has 2 aliphatic rings. The summed E-state index contributed by atoms with van der Waals surface area (Å²) < 4.78 is 6.63. The Morgan fingerprint density at radius 3 is 2.92 bits per heavy atom. The van der Waals surface area contributed by atoms with Crippen molar-refractivity contribution >= 4 is 27.3 Å². The number of morpholine rings is 1. The molecule has 1 amide bonds. The summed E-state index contributed by atoms with van der Waals surface area (Å²) in [6.45, 7) is 3.80. The lowest BCUT2D eigenvalue weighted by atomic mass is 9.99. The Morgan fingerprint density at radius 1 is 1.20 bits per heavy atom. The van der Waals surface area contributed by atoms with E-state index >= 15 is 0 Å². The number of benzene rings is 1. The van der Waals surface area contributed by atoms with E-state index in [4.69, 9.17) is 4.74 Å². The van der Waals surface area contributed by atoms with Crippen LogP contribution in [0.2, 0.25) is 0 Å². The van der Waals surface area contributed by atoms with Crippen LogP contribution in [-0.2, 0) is 11.2 Å². The first-order chi connectivity index (χ1) is 12.3. The standard InChI is InChI=1S/C20H26N2O2S/c23-20(22-10-12-24-13-11-22)19-17(14-15-6-2-1-5-9-21-15)16-7-3-4-8-18(16)25-19/h3-4,7-8,15,21H,1-2,5-6,9-14H2. The number of amides is 1. The second kappa shape index (κ2) is 7.85. The summed E-state index contributed by atoms with van der Waals surface area (Å²) in [5, 5.41) is 4.95. The molecule has 0 radical (unpaired) electrons. The third-order valence-electron chi connectivity index (χ3n) is 5.30. The molecule has 2 fully saturated rings. The zero-order valence-corrected chi connectivity index (χ0v) is 15.4. The molecule has 0 bridgehead atoms. The highest BCUT2D eigenvalue weighted by atomic mass is 32.1. The average Bonchev–Trinajstić information content (AvgIpc) is 2.83. The van der Waals surface area contributed by atoms with Crippen LogP contribution in [0.1, 0.15) is 40.9 Å². The number of thiophene rings is 1. The topological polar surface area (TPSA) is 41.6 Å². The Hall–Kier alpha value is -1.43. The van der Waals surface area contributed by atoms with Crippen LogP contribution in [-0.4, -0.2) is 49.7 Å². The van der Waals surface area contributed by atoms with Crippen molar-refractivity contribution in [2.75, 3.05) is 32.8 Å². The van der Waals surface area contributed by atoms with Gasteiger partial charge in [-0.1, -0.05) is 31.0 Å². The molecular formula is C20H26N2O2S. The van der Waals surface area contributed by atoms with Crippen molar-refractivity contribution in [2.45, 2.75) is 38.1 Å². The molecule has 1 aromatic carbocycles. The molecule has 134 valence electrons. The summed E-state index contributed by atoms with van der Waals surface area (Å²) in [6.07, 6.45) is 6.02. The third kappa shape index (κ3) is 3.73. The molecule has 0 spiro atoms. The van der Waals surface area contributed by atoms with E-state index in [2.05, 4.69) is 29.6 Å². The van der Waals surface area contributed by atoms with Gasteiger partial charge in [-0.3, -0.25) is 4.79 Å². The summed E-state index contributed by atoms with van der Waals surface area (Å²) in [4.78, 5) is 16.1. The Morgan fingerprint density at radius 2 is 2.04 bits per heavy atom. The van der Waals surface area contributed by atoms with E-state index in [0.29, 0.717) is 32.3 Å². The number of carbonyl (C=O) groups excluding carboxylic acids is 1. The summed E-state index contributed by atoms with van der Waals surface area (Å²) in [5.74, 6) is 0.188. The molecule has 1 N–H and O–H groups in total. The Bertz CT molecular complexity index is 728. The third-order valence-corrected chi connectivity index (χ3v) is 6.50. The van der Waals surface area contributed by atoms with Crippen molar-refractivity contribution in [3.63, 3.8) is 0 Å². The van der Waals surface area contributed by atoms with E-state index in [1.165, 1.54) is 41.3 Å². The maximum absolute atomic E-state index is 13.2.